The Morgan fingerprint density at radius 3 is 2.56 bits per heavy atom. The van der Waals surface area contributed by atoms with Crippen LogP contribution in [0.25, 0.3) is 0 Å². The average Bonchev–Trinajstić information content (AvgIpc) is 2.27. The molecule has 1 aromatic rings. The zero-order valence-electron chi connectivity index (χ0n) is 9.81. The minimum atomic E-state index is 0.0597. The van der Waals surface area contributed by atoms with Gasteiger partial charge < -0.3 is 9.47 Å². The van der Waals surface area contributed by atoms with Crippen LogP contribution in [0.3, 0.4) is 0 Å². The Kier molecular flexibility index (Phi) is 5.57. The van der Waals surface area contributed by atoms with Crippen molar-refractivity contribution in [1.82, 2.24) is 0 Å². The van der Waals surface area contributed by atoms with E-state index in [1.54, 1.807) is 0 Å². The molecule has 0 aromatic heterocycles. The molecule has 0 saturated heterocycles. The Bertz CT molecular complexity index is 306. The molecule has 0 heterocycles. The molecule has 0 aliphatic carbocycles. The molecule has 0 amide bonds. The summed E-state index contributed by atoms with van der Waals surface area (Å²) in [4.78, 5) is 11.4. The van der Waals surface area contributed by atoms with Crippen LogP contribution in [0.2, 0.25) is 0 Å². The fraction of sp³-hybridized carbons (Fsp3) is 0.462. The Morgan fingerprint density at radius 1 is 1.25 bits per heavy atom. The Morgan fingerprint density at radius 2 is 1.94 bits per heavy atom. The van der Waals surface area contributed by atoms with Crippen LogP contribution in [0, 0.1) is 0 Å². The molecule has 3 nitrogen and oxygen atoms in total. The van der Waals surface area contributed by atoms with Crippen LogP contribution in [0.1, 0.15) is 20.3 Å². The maximum Gasteiger partial charge on any atom is 0.172 e. The number of ketones is 1. The van der Waals surface area contributed by atoms with Gasteiger partial charge in [0.2, 0.25) is 0 Å². The first-order valence-electron chi connectivity index (χ1n) is 5.49. The Balaban J connectivity index is 2.16. The van der Waals surface area contributed by atoms with E-state index in [4.69, 9.17) is 9.47 Å². The third kappa shape index (κ3) is 5.51. The van der Waals surface area contributed by atoms with Gasteiger partial charge in [0.25, 0.3) is 0 Å². The van der Waals surface area contributed by atoms with E-state index >= 15 is 0 Å². The van der Waals surface area contributed by atoms with Gasteiger partial charge in [-0.3, -0.25) is 4.79 Å². The van der Waals surface area contributed by atoms with Gasteiger partial charge in [0.05, 0.1) is 12.7 Å². The van der Waals surface area contributed by atoms with Crippen LogP contribution in [0.4, 0.5) is 0 Å². The highest BCUT2D eigenvalue weighted by molar-refractivity contribution is 5.80. The number of ether oxygens (including phenoxy) is 2. The monoisotopic (exact) mass is 222 g/mol. The lowest BCUT2D eigenvalue weighted by Crippen LogP contribution is -2.15. The van der Waals surface area contributed by atoms with E-state index in [-0.39, 0.29) is 18.5 Å². The van der Waals surface area contributed by atoms with E-state index in [0.29, 0.717) is 13.0 Å². The van der Waals surface area contributed by atoms with E-state index in [2.05, 4.69) is 0 Å². The van der Waals surface area contributed by atoms with Crippen LogP contribution < -0.4 is 4.74 Å². The maximum atomic E-state index is 11.4. The molecule has 88 valence electrons. The lowest BCUT2D eigenvalue weighted by atomic mass is 10.3. The highest BCUT2D eigenvalue weighted by Gasteiger charge is 2.03. The molecular weight excluding hydrogens is 204 g/mol. The number of hydrogen-bond acceptors (Lipinski definition) is 3. The van der Waals surface area contributed by atoms with Gasteiger partial charge in [-0.2, -0.15) is 0 Å². The van der Waals surface area contributed by atoms with Crippen molar-refractivity contribution in [2.45, 2.75) is 26.4 Å². The molecule has 0 radical (unpaired) electrons. The van der Waals surface area contributed by atoms with Crippen molar-refractivity contribution in [3.05, 3.63) is 30.3 Å². The first kappa shape index (κ1) is 12.7. The summed E-state index contributed by atoms with van der Waals surface area (Å²) in [6, 6.07) is 9.32. The van der Waals surface area contributed by atoms with Gasteiger partial charge in [0.1, 0.15) is 12.4 Å². The van der Waals surface area contributed by atoms with Crippen molar-refractivity contribution in [2.75, 3.05) is 13.2 Å². The first-order chi connectivity index (χ1) is 7.68. The normalized spacial score (nSPS) is 10.4. The number of carbonyl (C=O) groups excluding carboxylic acids is 1. The van der Waals surface area contributed by atoms with Crippen LogP contribution in [-0.4, -0.2) is 25.1 Å². The van der Waals surface area contributed by atoms with E-state index in [1.807, 2.05) is 44.2 Å². The van der Waals surface area contributed by atoms with Gasteiger partial charge in [-0.25, -0.2) is 0 Å². The first-order valence-corrected chi connectivity index (χ1v) is 5.49. The number of Topliss-reactive ketones (excluding diaryl/α,β-unsaturated/α-hetero) is 1. The zero-order chi connectivity index (χ0) is 11.8. The van der Waals surface area contributed by atoms with Crippen molar-refractivity contribution in [3.63, 3.8) is 0 Å². The van der Waals surface area contributed by atoms with Gasteiger partial charge in [0, 0.05) is 6.42 Å². The predicted octanol–water partition coefficient (Wildman–Crippen LogP) is 2.45. The number of rotatable bonds is 7. The van der Waals surface area contributed by atoms with Gasteiger partial charge >= 0.3 is 0 Å². The molecule has 0 fully saturated rings. The van der Waals surface area contributed by atoms with Crippen molar-refractivity contribution in [3.8, 4) is 5.75 Å². The molecule has 0 spiro atoms. The minimum Gasteiger partial charge on any atom is -0.486 e. The molecule has 3 heteroatoms. The number of carbonyl (C=O) groups is 1. The summed E-state index contributed by atoms with van der Waals surface area (Å²) in [6.07, 6.45) is 0.577. The van der Waals surface area contributed by atoms with Crippen molar-refractivity contribution in [1.29, 1.82) is 0 Å². The largest absolute Gasteiger partial charge is 0.486 e. The second-order valence-electron chi connectivity index (χ2n) is 3.81. The van der Waals surface area contributed by atoms with E-state index in [1.165, 1.54) is 0 Å². The number of benzene rings is 1. The van der Waals surface area contributed by atoms with Gasteiger partial charge in [0.15, 0.2) is 5.78 Å². The Labute approximate surface area is 96.4 Å². The lowest BCUT2D eigenvalue weighted by molar-refractivity contribution is -0.122. The molecule has 0 N–H and O–H groups in total. The molecule has 0 aliphatic heterocycles. The van der Waals surface area contributed by atoms with Crippen molar-refractivity contribution >= 4 is 5.78 Å². The third-order valence-corrected chi connectivity index (χ3v) is 1.98. The molecule has 0 bridgehead atoms. The maximum absolute atomic E-state index is 11.4. The molecule has 0 atom stereocenters. The summed E-state index contributed by atoms with van der Waals surface area (Å²) in [7, 11) is 0. The second kappa shape index (κ2) is 7.01. The minimum absolute atomic E-state index is 0.0597. The molecule has 1 aromatic carbocycles. The molecule has 0 aliphatic rings. The van der Waals surface area contributed by atoms with E-state index in [9.17, 15) is 4.79 Å². The van der Waals surface area contributed by atoms with E-state index in [0.717, 1.165) is 5.75 Å². The van der Waals surface area contributed by atoms with Gasteiger partial charge in [-0.05, 0) is 26.0 Å². The predicted molar refractivity (Wildman–Crippen MR) is 62.6 cm³/mol. The summed E-state index contributed by atoms with van der Waals surface area (Å²) in [5.41, 5.74) is 0. The average molecular weight is 222 g/mol. The third-order valence-electron chi connectivity index (χ3n) is 1.98. The van der Waals surface area contributed by atoms with Crippen LogP contribution in [-0.2, 0) is 9.53 Å². The molecule has 1 rings (SSSR count). The van der Waals surface area contributed by atoms with Crippen LogP contribution in [0.5, 0.6) is 5.75 Å². The Hall–Kier alpha value is -1.35. The standard InChI is InChI=1S/C13H18O3/c1-11(2)15-9-8-12(14)10-16-13-6-4-3-5-7-13/h3-7,11H,8-10H2,1-2H3. The summed E-state index contributed by atoms with van der Waals surface area (Å²) >= 11 is 0. The molecule has 0 saturated carbocycles. The fourth-order valence-corrected chi connectivity index (χ4v) is 1.16. The smallest absolute Gasteiger partial charge is 0.172 e. The second-order valence-corrected chi connectivity index (χ2v) is 3.81. The van der Waals surface area contributed by atoms with Crippen LogP contribution >= 0.6 is 0 Å². The van der Waals surface area contributed by atoms with E-state index < -0.39 is 0 Å². The molecular formula is C13H18O3. The number of para-hydroxylation sites is 1. The summed E-state index contributed by atoms with van der Waals surface area (Å²) in [5, 5.41) is 0. The fourth-order valence-electron chi connectivity index (χ4n) is 1.16. The zero-order valence-corrected chi connectivity index (χ0v) is 9.81. The topological polar surface area (TPSA) is 35.5 Å². The van der Waals surface area contributed by atoms with Crippen molar-refractivity contribution in [2.24, 2.45) is 0 Å². The summed E-state index contributed by atoms with van der Waals surface area (Å²) in [6.45, 7) is 4.48. The molecule has 16 heavy (non-hydrogen) atoms. The summed E-state index contributed by atoms with van der Waals surface area (Å²) < 4.78 is 10.6. The van der Waals surface area contributed by atoms with Gasteiger partial charge in [-0.1, -0.05) is 18.2 Å². The highest BCUT2D eigenvalue weighted by Crippen LogP contribution is 2.08. The highest BCUT2D eigenvalue weighted by atomic mass is 16.5. The SMILES string of the molecule is CC(C)OCCC(=O)COc1ccccc1. The summed E-state index contributed by atoms with van der Waals surface area (Å²) in [5.74, 6) is 0.783. The van der Waals surface area contributed by atoms with Crippen molar-refractivity contribution < 1.29 is 14.3 Å². The van der Waals surface area contributed by atoms with Gasteiger partial charge in [-0.15, -0.1) is 0 Å². The van der Waals surface area contributed by atoms with Crippen LogP contribution in [0.15, 0.2) is 30.3 Å². The molecule has 0 unspecified atom stereocenters. The quantitative estimate of drug-likeness (QED) is 0.711. The number of hydrogen-bond donors (Lipinski definition) is 0. The lowest BCUT2D eigenvalue weighted by Gasteiger charge is -2.07.